The lowest BCUT2D eigenvalue weighted by Crippen LogP contribution is -2.65. The number of ether oxygens (including phenoxy) is 2. The van der Waals surface area contributed by atoms with Gasteiger partial charge in [0.2, 0.25) is 0 Å². The van der Waals surface area contributed by atoms with E-state index in [2.05, 4.69) is 5.32 Å². The van der Waals surface area contributed by atoms with E-state index in [-0.39, 0.29) is 11.6 Å². The topological polar surface area (TPSA) is 84.9 Å². The first-order valence-corrected chi connectivity index (χ1v) is 8.29. The number of carbonyl (C=O) groups is 2. The lowest BCUT2D eigenvalue weighted by molar-refractivity contribution is -0.168. The van der Waals surface area contributed by atoms with Crippen LogP contribution in [-0.4, -0.2) is 42.0 Å². The molecular formula is C16H23NO5. The second-order valence-electron chi connectivity index (χ2n) is 7.84. The van der Waals surface area contributed by atoms with Crippen LogP contribution in [0.5, 0.6) is 0 Å². The summed E-state index contributed by atoms with van der Waals surface area (Å²) in [6.07, 6.45) is 5.18. The van der Waals surface area contributed by atoms with Crippen LogP contribution in [0.3, 0.4) is 0 Å². The maximum absolute atomic E-state index is 12.2. The highest BCUT2D eigenvalue weighted by molar-refractivity contribution is 5.76. The summed E-state index contributed by atoms with van der Waals surface area (Å²) in [6.45, 7) is 1.10. The fraction of sp³-hybridized carbons (Fsp3) is 0.875. The van der Waals surface area contributed by atoms with Crippen molar-refractivity contribution >= 4 is 12.1 Å². The van der Waals surface area contributed by atoms with E-state index in [1.807, 2.05) is 0 Å². The Morgan fingerprint density at radius 2 is 1.91 bits per heavy atom. The number of carboxylic acid groups (broad SMARTS) is 1. The molecule has 6 heteroatoms. The quantitative estimate of drug-likeness (QED) is 0.832. The van der Waals surface area contributed by atoms with E-state index in [0.717, 1.165) is 38.5 Å². The van der Waals surface area contributed by atoms with Gasteiger partial charge in [-0.1, -0.05) is 0 Å². The number of alkyl carbamates (subject to hydrolysis) is 1. The van der Waals surface area contributed by atoms with Crippen LogP contribution >= 0.6 is 0 Å². The fourth-order valence-corrected chi connectivity index (χ4v) is 5.66. The van der Waals surface area contributed by atoms with E-state index in [1.165, 1.54) is 0 Å². The molecule has 4 saturated carbocycles. The Hall–Kier alpha value is -1.30. The lowest BCUT2D eigenvalue weighted by atomic mass is 9.47. The van der Waals surface area contributed by atoms with Gasteiger partial charge in [0.15, 0.2) is 0 Å². The molecule has 2 N–H and O–H groups in total. The molecule has 4 bridgehead atoms. The number of carbonyl (C=O) groups excluding carboxylic acids is 1. The van der Waals surface area contributed by atoms with Crippen LogP contribution in [0, 0.1) is 17.3 Å². The number of hydrogen-bond donors (Lipinski definition) is 2. The molecule has 3 atom stereocenters. The van der Waals surface area contributed by atoms with E-state index in [4.69, 9.17) is 9.47 Å². The molecule has 3 unspecified atom stereocenters. The van der Waals surface area contributed by atoms with Crippen LogP contribution < -0.4 is 5.32 Å². The second kappa shape index (κ2) is 4.85. The molecule has 1 aliphatic heterocycles. The predicted molar refractivity (Wildman–Crippen MR) is 76.3 cm³/mol. The zero-order valence-electron chi connectivity index (χ0n) is 12.7. The Bertz CT molecular complexity index is 485. The Balaban J connectivity index is 1.48. The highest BCUT2D eigenvalue weighted by atomic mass is 16.6. The molecule has 4 aliphatic carbocycles. The maximum Gasteiger partial charge on any atom is 0.407 e. The van der Waals surface area contributed by atoms with Gasteiger partial charge >= 0.3 is 12.1 Å². The molecule has 0 aromatic rings. The summed E-state index contributed by atoms with van der Waals surface area (Å²) >= 11 is 0. The standard InChI is InChI=1S/C16H23NO5/c18-13(19)15-4-10-3-11(5-15)7-16(6-10,9-15)17-14(20)22-12-1-2-21-8-12/h10-12H,1-9H2,(H,17,20)(H,18,19). The van der Waals surface area contributed by atoms with Gasteiger partial charge in [0.25, 0.3) is 0 Å². The van der Waals surface area contributed by atoms with Crippen LogP contribution in [0.2, 0.25) is 0 Å². The zero-order valence-corrected chi connectivity index (χ0v) is 12.7. The molecule has 1 heterocycles. The molecular weight excluding hydrogens is 286 g/mol. The molecule has 1 amide bonds. The van der Waals surface area contributed by atoms with Gasteiger partial charge in [-0.2, -0.15) is 0 Å². The zero-order chi connectivity index (χ0) is 15.4. The molecule has 22 heavy (non-hydrogen) atoms. The van der Waals surface area contributed by atoms with Gasteiger partial charge in [-0.3, -0.25) is 4.79 Å². The molecule has 5 fully saturated rings. The van der Waals surface area contributed by atoms with Crippen molar-refractivity contribution in [2.24, 2.45) is 17.3 Å². The minimum Gasteiger partial charge on any atom is -0.481 e. The summed E-state index contributed by atoms with van der Waals surface area (Å²) < 4.78 is 10.6. The summed E-state index contributed by atoms with van der Waals surface area (Å²) in [5.41, 5.74) is -1.01. The van der Waals surface area contributed by atoms with Crippen molar-refractivity contribution in [3.8, 4) is 0 Å². The van der Waals surface area contributed by atoms with Crippen LogP contribution in [0.4, 0.5) is 4.79 Å². The number of nitrogens with one attached hydrogen (secondary N) is 1. The van der Waals surface area contributed by atoms with E-state index >= 15 is 0 Å². The number of carboxylic acids is 1. The van der Waals surface area contributed by atoms with E-state index in [0.29, 0.717) is 31.5 Å². The summed E-state index contributed by atoms with van der Waals surface area (Å²) in [5.74, 6) is 0.158. The fourth-order valence-electron chi connectivity index (χ4n) is 5.66. The number of rotatable bonds is 3. The minimum atomic E-state index is -0.690. The van der Waals surface area contributed by atoms with Crippen LogP contribution in [0.25, 0.3) is 0 Å². The molecule has 0 spiro atoms. The van der Waals surface area contributed by atoms with Crippen LogP contribution in [0.1, 0.15) is 44.9 Å². The van der Waals surface area contributed by atoms with E-state index in [9.17, 15) is 14.7 Å². The van der Waals surface area contributed by atoms with Gasteiger partial charge in [0, 0.05) is 12.0 Å². The molecule has 5 rings (SSSR count). The molecule has 122 valence electrons. The average molecular weight is 309 g/mol. The summed E-state index contributed by atoms with van der Waals surface area (Å²) in [6, 6.07) is 0. The van der Waals surface area contributed by atoms with Crippen molar-refractivity contribution in [1.82, 2.24) is 5.32 Å². The highest BCUT2D eigenvalue weighted by Gasteiger charge is 2.61. The summed E-state index contributed by atoms with van der Waals surface area (Å²) in [7, 11) is 0. The van der Waals surface area contributed by atoms with Crippen LogP contribution in [0.15, 0.2) is 0 Å². The van der Waals surface area contributed by atoms with Crippen LogP contribution in [-0.2, 0) is 14.3 Å². The maximum atomic E-state index is 12.2. The molecule has 0 aromatic heterocycles. The molecule has 5 aliphatic rings. The van der Waals surface area contributed by atoms with Crippen molar-refractivity contribution in [3.63, 3.8) is 0 Å². The Kier molecular flexibility index (Phi) is 3.15. The predicted octanol–water partition coefficient (Wildman–Crippen LogP) is 1.93. The van der Waals surface area contributed by atoms with Gasteiger partial charge in [0.1, 0.15) is 6.10 Å². The average Bonchev–Trinajstić information content (AvgIpc) is 2.88. The van der Waals surface area contributed by atoms with Gasteiger partial charge < -0.3 is 19.9 Å². The highest BCUT2D eigenvalue weighted by Crippen LogP contribution is 2.61. The smallest absolute Gasteiger partial charge is 0.407 e. The molecule has 0 radical (unpaired) electrons. The third kappa shape index (κ3) is 2.28. The van der Waals surface area contributed by atoms with Gasteiger partial charge in [-0.05, 0) is 50.4 Å². The largest absolute Gasteiger partial charge is 0.481 e. The van der Waals surface area contributed by atoms with Crippen molar-refractivity contribution in [2.75, 3.05) is 13.2 Å². The first kappa shape index (κ1) is 14.3. The molecule has 6 nitrogen and oxygen atoms in total. The Morgan fingerprint density at radius 3 is 2.50 bits per heavy atom. The summed E-state index contributed by atoms with van der Waals surface area (Å²) in [5, 5.41) is 12.7. The van der Waals surface area contributed by atoms with Crippen molar-refractivity contribution in [3.05, 3.63) is 0 Å². The van der Waals surface area contributed by atoms with Gasteiger partial charge in [-0.25, -0.2) is 4.79 Å². The normalized spacial score (nSPS) is 45.7. The van der Waals surface area contributed by atoms with Gasteiger partial charge in [0.05, 0.1) is 18.6 Å². The Morgan fingerprint density at radius 1 is 1.18 bits per heavy atom. The van der Waals surface area contributed by atoms with Crippen molar-refractivity contribution in [1.29, 1.82) is 0 Å². The SMILES string of the molecule is O=C(NC12CC3CC(C1)CC(C(=O)O)(C3)C2)OC1CCOC1. The minimum absolute atomic E-state index is 0.164. The number of aliphatic carboxylic acids is 1. The molecule has 1 saturated heterocycles. The third-order valence-electron chi connectivity index (χ3n) is 6.04. The van der Waals surface area contributed by atoms with E-state index in [1.54, 1.807) is 0 Å². The van der Waals surface area contributed by atoms with Crippen molar-refractivity contribution in [2.45, 2.75) is 56.6 Å². The second-order valence-corrected chi connectivity index (χ2v) is 7.84. The van der Waals surface area contributed by atoms with Gasteiger partial charge in [-0.15, -0.1) is 0 Å². The summed E-state index contributed by atoms with van der Waals surface area (Å²) in [4.78, 5) is 24.0. The first-order chi connectivity index (χ1) is 10.5. The first-order valence-electron chi connectivity index (χ1n) is 8.29. The number of hydrogen-bond acceptors (Lipinski definition) is 4. The third-order valence-corrected chi connectivity index (χ3v) is 6.04. The van der Waals surface area contributed by atoms with E-state index < -0.39 is 17.5 Å². The lowest BCUT2D eigenvalue weighted by Gasteiger charge is -2.60. The monoisotopic (exact) mass is 309 g/mol. The van der Waals surface area contributed by atoms with Crippen molar-refractivity contribution < 1.29 is 24.2 Å². The Labute approximate surface area is 129 Å². The molecule has 0 aromatic carbocycles. The number of amides is 1.